The lowest BCUT2D eigenvalue weighted by Crippen LogP contribution is -2.42. The molecule has 10 nitrogen and oxygen atoms in total. The van der Waals surface area contributed by atoms with Gasteiger partial charge in [-0.25, -0.2) is 4.79 Å². The summed E-state index contributed by atoms with van der Waals surface area (Å²) in [7, 11) is 0. The third-order valence-electron chi connectivity index (χ3n) is 3.53. The molecule has 1 saturated heterocycles. The van der Waals surface area contributed by atoms with Crippen LogP contribution < -0.4 is 16.6 Å². The van der Waals surface area contributed by atoms with Crippen molar-refractivity contribution < 1.29 is 24.5 Å². The number of carboxylic acids is 1. The van der Waals surface area contributed by atoms with Gasteiger partial charge in [-0.05, 0) is 6.92 Å². The van der Waals surface area contributed by atoms with Crippen molar-refractivity contribution in [2.24, 2.45) is 0 Å². The Balaban J connectivity index is 2.17. The zero-order chi connectivity index (χ0) is 17.1. The number of carbonyl (C=O) groups is 2. The molecule has 23 heavy (non-hydrogen) atoms. The highest BCUT2D eigenvalue weighted by Gasteiger charge is 2.37. The summed E-state index contributed by atoms with van der Waals surface area (Å²) in [6.45, 7) is 1.12. The van der Waals surface area contributed by atoms with Gasteiger partial charge < -0.3 is 20.3 Å². The van der Waals surface area contributed by atoms with Crippen LogP contribution in [0, 0.1) is 6.92 Å². The predicted octanol–water partition coefficient (Wildman–Crippen LogP) is -1.92. The van der Waals surface area contributed by atoms with E-state index in [1.807, 2.05) is 0 Å². The Labute approximate surface area is 129 Å². The summed E-state index contributed by atoms with van der Waals surface area (Å²) in [4.78, 5) is 47.4. The van der Waals surface area contributed by atoms with Gasteiger partial charge in [0.15, 0.2) is 0 Å². The monoisotopic (exact) mass is 327 g/mol. The molecule has 0 saturated carbocycles. The lowest BCUT2D eigenvalue weighted by Gasteiger charge is -2.16. The summed E-state index contributed by atoms with van der Waals surface area (Å²) >= 11 is 0. The van der Waals surface area contributed by atoms with Crippen LogP contribution in [0.5, 0.6) is 0 Å². The highest BCUT2D eigenvalue weighted by molar-refractivity contribution is 5.93. The van der Waals surface area contributed by atoms with Crippen LogP contribution in [0.3, 0.4) is 0 Å². The number of hydrogen-bond acceptors (Lipinski definition) is 6. The van der Waals surface area contributed by atoms with Crippen molar-refractivity contribution in [3.05, 3.63) is 32.6 Å². The van der Waals surface area contributed by atoms with Gasteiger partial charge in [-0.2, -0.15) is 0 Å². The van der Waals surface area contributed by atoms with Crippen LogP contribution in [-0.2, 0) is 14.3 Å². The van der Waals surface area contributed by atoms with Gasteiger partial charge in [-0.3, -0.25) is 23.9 Å². The first-order valence-corrected chi connectivity index (χ1v) is 6.91. The second-order valence-electron chi connectivity index (χ2n) is 5.27. The van der Waals surface area contributed by atoms with Crippen LogP contribution in [-0.4, -0.2) is 50.4 Å². The van der Waals surface area contributed by atoms with Crippen molar-refractivity contribution >= 4 is 11.9 Å². The number of hydrogen-bond donors (Lipinski definition) is 4. The first-order valence-electron chi connectivity index (χ1n) is 6.91. The maximum absolute atomic E-state index is 11.8. The SMILES string of the molecule is Cc1cn([C@H]2C[C@@H](NC(=O)CC(=O)O)[C@@H](CO)O2)c(=O)[nH]c1=O. The van der Waals surface area contributed by atoms with Crippen LogP contribution in [0.25, 0.3) is 0 Å². The number of carboxylic acid groups (broad SMARTS) is 1. The minimum Gasteiger partial charge on any atom is -0.481 e. The molecule has 0 radical (unpaired) electrons. The number of aryl methyl sites for hydroxylation is 1. The molecular weight excluding hydrogens is 310 g/mol. The van der Waals surface area contributed by atoms with E-state index in [1.165, 1.54) is 17.7 Å². The summed E-state index contributed by atoms with van der Waals surface area (Å²) in [5.41, 5.74) is -0.860. The molecule has 1 aliphatic rings. The van der Waals surface area contributed by atoms with Gasteiger partial charge in [0.2, 0.25) is 5.91 Å². The largest absolute Gasteiger partial charge is 0.481 e. The van der Waals surface area contributed by atoms with Crippen LogP contribution in [0.15, 0.2) is 15.8 Å². The number of aliphatic hydroxyl groups is 1. The first-order chi connectivity index (χ1) is 10.8. The fourth-order valence-corrected chi connectivity index (χ4v) is 2.42. The van der Waals surface area contributed by atoms with Crippen molar-refractivity contribution in [3.8, 4) is 0 Å². The molecule has 1 aliphatic heterocycles. The smallest absolute Gasteiger partial charge is 0.330 e. The molecule has 10 heteroatoms. The molecule has 0 bridgehead atoms. The lowest BCUT2D eigenvalue weighted by atomic mass is 10.1. The van der Waals surface area contributed by atoms with Crippen LogP contribution in [0.2, 0.25) is 0 Å². The molecule has 4 N–H and O–H groups in total. The van der Waals surface area contributed by atoms with Gasteiger partial charge in [0.25, 0.3) is 5.56 Å². The molecular formula is C13H17N3O7. The zero-order valence-electron chi connectivity index (χ0n) is 12.3. The molecule has 0 unspecified atom stereocenters. The van der Waals surface area contributed by atoms with Gasteiger partial charge >= 0.3 is 11.7 Å². The molecule has 2 rings (SSSR count). The fraction of sp³-hybridized carbons (Fsp3) is 0.538. The molecule has 1 fully saturated rings. The van der Waals surface area contributed by atoms with Gasteiger partial charge in [0, 0.05) is 18.2 Å². The van der Waals surface area contributed by atoms with Gasteiger partial charge in [0.1, 0.15) is 18.8 Å². The van der Waals surface area contributed by atoms with Gasteiger partial charge in [-0.15, -0.1) is 0 Å². The van der Waals surface area contributed by atoms with Crippen molar-refractivity contribution in [1.82, 2.24) is 14.9 Å². The van der Waals surface area contributed by atoms with E-state index in [1.54, 1.807) is 0 Å². The van der Waals surface area contributed by atoms with Crippen molar-refractivity contribution in [2.75, 3.05) is 6.61 Å². The topological polar surface area (TPSA) is 151 Å². The number of nitrogens with zero attached hydrogens (tertiary/aromatic N) is 1. The number of aromatic nitrogens is 2. The average molecular weight is 327 g/mol. The molecule has 126 valence electrons. The van der Waals surface area contributed by atoms with E-state index in [9.17, 15) is 24.3 Å². The summed E-state index contributed by atoms with van der Waals surface area (Å²) in [5, 5.41) is 20.4. The molecule has 0 aromatic carbocycles. The number of aromatic amines is 1. The fourth-order valence-electron chi connectivity index (χ4n) is 2.42. The quantitative estimate of drug-likeness (QED) is 0.460. The van der Waals surface area contributed by atoms with E-state index < -0.39 is 54.5 Å². The number of ether oxygens (including phenoxy) is 1. The summed E-state index contributed by atoms with van der Waals surface area (Å²) in [6, 6.07) is -0.643. The average Bonchev–Trinajstić information content (AvgIpc) is 2.84. The Morgan fingerprint density at radius 2 is 2.17 bits per heavy atom. The Morgan fingerprint density at radius 3 is 2.78 bits per heavy atom. The summed E-state index contributed by atoms with van der Waals surface area (Å²) in [6.07, 6.45) is -0.775. The van der Waals surface area contributed by atoms with Crippen molar-refractivity contribution in [1.29, 1.82) is 0 Å². The third-order valence-corrected chi connectivity index (χ3v) is 3.53. The van der Waals surface area contributed by atoms with Crippen LogP contribution in [0.4, 0.5) is 0 Å². The Hall–Kier alpha value is -2.46. The molecule has 1 amide bonds. The van der Waals surface area contributed by atoms with E-state index in [0.29, 0.717) is 5.56 Å². The summed E-state index contributed by atoms with van der Waals surface area (Å²) < 4.78 is 6.69. The Kier molecular flexibility index (Phi) is 4.96. The van der Waals surface area contributed by atoms with Gasteiger partial charge in [0.05, 0.1) is 12.6 Å². The number of aliphatic carboxylic acids is 1. The Morgan fingerprint density at radius 1 is 1.48 bits per heavy atom. The normalized spacial score (nSPS) is 23.7. The highest BCUT2D eigenvalue weighted by Crippen LogP contribution is 2.27. The highest BCUT2D eigenvalue weighted by atomic mass is 16.5. The number of rotatable bonds is 5. The van der Waals surface area contributed by atoms with E-state index in [0.717, 1.165) is 0 Å². The van der Waals surface area contributed by atoms with E-state index in [4.69, 9.17) is 9.84 Å². The number of H-pyrrole nitrogens is 1. The van der Waals surface area contributed by atoms with Crippen molar-refractivity contribution in [2.45, 2.75) is 38.1 Å². The number of aliphatic hydroxyl groups excluding tert-OH is 1. The van der Waals surface area contributed by atoms with Crippen LogP contribution in [0.1, 0.15) is 24.6 Å². The molecule has 2 heterocycles. The minimum absolute atomic E-state index is 0.155. The van der Waals surface area contributed by atoms with Crippen molar-refractivity contribution in [3.63, 3.8) is 0 Å². The number of carbonyl (C=O) groups excluding carboxylic acids is 1. The minimum atomic E-state index is -1.27. The number of amides is 1. The standard InChI is InChI=1S/C13H17N3O7/c1-6-4-16(13(22)15-12(6)21)10-2-7(8(5-17)23-10)14-9(18)3-11(19)20/h4,7-8,10,17H,2-3,5H2,1H3,(H,14,18)(H,19,20)(H,15,21,22)/t7-,8-,10-/m1/s1. The molecule has 0 spiro atoms. The molecule has 1 aromatic heterocycles. The first kappa shape index (κ1) is 16.9. The number of nitrogens with one attached hydrogen (secondary N) is 2. The maximum Gasteiger partial charge on any atom is 0.330 e. The van der Waals surface area contributed by atoms with Crippen LogP contribution >= 0.6 is 0 Å². The second kappa shape index (κ2) is 6.75. The van der Waals surface area contributed by atoms with E-state index in [-0.39, 0.29) is 6.42 Å². The molecule has 3 atom stereocenters. The second-order valence-corrected chi connectivity index (χ2v) is 5.27. The van der Waals surface area contributed by atoms with E-state index in [2.05, 4.69) is 10.3 Å². The van der Waals surface area contributed by atoms with E-state index >= 15 is 0 Å². The predicted molar refractivity (Wildman–Crippen MR) is 75.9 cm³/mol. The lowest BCUT2D eigenvalue weighted by molar-refractivity contribution is -0.141. The Bertz CT molecular complexity index is 723. The zero-order valence-corrected chi connectivity index (χ0v) is 12.3. The molecule has 0 aliphatic carbocycles. The summed E-state index contributed by atoms with van der Waals surface area (Å²) in [5.74, 6) is -1.99. The van der Waals surface area contributed by atoms with Gasteiger partial charge in [-0.1, -0.05) is 0 Å². The maximum atomic E-state index is 11.8. The third kappa shape index (κ3) is 3.85. The molecule has 1 aromatic rings.